The van der Waals surface area contributed by atoms with Crippen LogP contribution in [0.4, 0.5) is 0 Å². The van der Waals surface area contributed by atoms with E-state index in [-0.39, 0.29) is 29.8 Å². The molecule has 0 saturated heterocycles. The van der Waals surface area contributed by atoms with Gasteiger partial charge in [0.15, 0.2) is 5.16 Å². The van der Waals surface area contributed by atoms with Crippen LogP contribution in [0.25, 0.3) is 10.9 Å². The Labute approximate surface area is 155 Å². The number of thioether (sulfide) groups is 1. The van der Waals surface area contributed by atoms with Gasteiger partial charge in [0.1, 0.15) is 6.54 Å². The first-order valence-electron chi connectivity index (χ1n) is 8.48. The molecule has 1 aromatic heterocycles. The van der Waals surface area contributed by atoms with E-state index in [9.17, 15) is 14.4 Å². The number of rotatable bonds is 7. The summed E-state index contributed by atoms with van der Waals surface area (Å²) in [5, 5.41) is 3.72. The lowest BCUT2D eigenvalue weighted by Crippen LogP contribution is -2.35. The van der Waals surface area contributed by atoms with Crippen molar-refractivity contribution in [3.8, 4) is 0 Å². The molecule has 8 heteroatoms. The molecule has 26 heavy (non-hydrogen) atoms. The van der Waals surface area contributed by atoms with Crippen LogP contribution >= 0.6 is 11.8 Å². The summed E-state index contributed by atoms with van der Waals surface area (Å²) in [7, 11) is 1.27. The van der Waals surface area contributed by atoms with E-state index in [4.69, 9.17) is 0 Å². The molecule has 7 nitrogen and oxygen atoms in total. The van der Waals surface area contributed by atoms with Gasteiger partial charge in [-0.2, -0.15) is 0 Å². The van der Waals surface area contributed by atoms with Gasteiger partial charge in [0.05, 0.1) is 23.8 Å². The van der Waals surface area contributed by atoms with Crippen LogP contribution in [0.3, 0.4) is 0 Å². The van der Waals surface area contributed by atoms with Crippen molar-refractivity contribution in [3.05, 3.63) is 34.6 Å². The Kier molecular flexibility index (Phi) is 5.61. The van der Waals surface area contributed by atoms with Crippen molar-refractivity contribution in [1.82, 2.24) is 14.9 Å². The molecule has 1 saturated carbocycles. The number of aromatic nitrogens is 2. The zero-order valence-electron chi connectivity index (χ0n) is 14.7. The second-order valence-corrected chi connectivity index (χ2v) is 7.30. The van der Waals surface area contributed by atoms with Crippen molar-refractivity contribution in [3.63, 3.8) is 0 Å². The predicted molar refractivity (Wildman–Crippen MR) is 99.1 cm³/mol. The highest BCUT2D eigenvalue weighted by molar-refractivity contribution is 7.99. The predicted octanol–water partition coefficient (Wildman–Crippen LogP) is 1.58. The Morgan fingerprint density at radius 1 is 1.38 bits per heavy atom. The quantitative estimate of drug-likeness (QED) is 0.449. The lowest BCUT2D eigenvalue weighted by molar-refractivity contribution is -0.141. The normalized spacial score (nSPS) is 14.8. The third kappa shape index (κ3) is 4.24. The van der Waals surface area contributed by atoms with E-state index >= 15 is 0 Å². The van der Waals surface area contributed by atoms with Gasteiger partial charge in [0.25, 0.3) is 5.56 Å². The number of hydrogen-bond donors (Lipinski definition) is 1. The minimum atomic E-state index is -0.544. The molecule has 138 valence electrons. The molecule has 1 aliphatic rings. The molecule has 0 spiro atoms. The molecule has 3 rings (SSSR count). The molecule has 0 radical (unpaired) electrons. The Balaban J connectivity index is 1.82. The second kappa shape index (κ2) is 7.90. The van der Waals surface area contributed by atoms with Gasteiger partial charge in [0.2, 0.25) is 5.91 Å². The number of hydrogen-bond acceptors (Lipinski definition) is 6. The molecule has 2 aromatic rings. The molecule has 1 N–H and O–H groups in total. The molecule has 0 unspecified atom stereocenters. The maximum atomic E-state index is 12.7. The lowest BCUT2D eigenvalue weighted by Gasteiger charge is -2.14. The van der Waals surface area contributed by atoms with Gasteiger partial charge in [-0.1, -0.05) is 23.9 Å². The SMILES string of the molecule is COC(=O)Cn1c(SCC(=O)N[C@H](C)C2CC2)nc2ccccc2c1=O. The van der Waals surface area contributed by atoms with Gasteiger partial charge >= 0.3 is 5.97 Å². The highest BCUT2D eigenvalue weighted by Gasteiger charge is 2.28. The van der Waals surface area contributed by atoms with E-state index in [1.807, 2.05) is 6.92 Å². The summed E-state index contributed by atoms with van der Waals surface area (Å²) in [4.78, 5) is 41.0. The zero-order valence-corrected chi connectivity index (χ0v) is 15.5. The number of methoxy groups -OCH3 is 1. The molecule has 1 amide bonds. The highest BCUT2D eigenvalue weighted by atomic mass is 32.2. The largest absolute Gasteiger partial charge is 0.468 e. The number of carbonyl (C=O) groups excluding carboxylic acids is 2. The van der Waals surface area contributed by atoms with Crippen molar-refractivity contribution in [2.24, 2.45) is 5.92 Å². The number of benzene rings is 1. The molecular formula is C18H21N3O4S. The maximum Gasteiger partial charge on any atom is 0.325 e. The Morgan fingerprint density at radius 3 is 2.81 bits per heavy atom. The Morgan fingerprint density at radius 2 is 2.12 bits per heavy atom. The van der Waals surface area contributed by atoms with E-state index in [1.165, 1.54) is 11.7 Å². The highest BCUT2D eigenvalue weighted by Crippen LogP contribution is 2.32. The van der Waals surface area contributed by atoms with Gasteiger partial charge in [0, 0.05) is 6.04 Å². The Hall–Kier alpha value is -2.35. The number of fused-ring (bicyclic) bond motifs is 1. The van der Waals surface area contributed by atoms with Gasteiger partial charge < -0.3 is 10.1 Å². The molecule has 1 aromatic carbocycles. The number of nitrogens with zero attached hydrogens (tertiary/aromatic N) is 2. The molecule has 1 aliphatic carbocycles. The molecule has 1 heterocycles. The smallest absolute Gasteiger partial charge is 0.325 e. The summed E-state index contributed by atoms with van der Waals surface area (Å²) in [5.74, 6) is 0.0442. The van der Waals surface area contributed by atoms with Crippen molar-refractivity contribution < 1.29 is 14.3 Å². The minimum absolute atomic E-state index is 0.110. The monoisotopic (exact) mass is 375 g/mol. The number of carbonyl (C=O) groups is 2. The summed E-state index contributed by atoms with van der Waals surface area (Å²) in [6.45, 7) is 1.76. The third-order valence-electron chi connectivity index (χ3n) is 4.39. The molecule has 1 fully saturated rings. The van der Waals surface area contributed by atoms with Crippen molar-refractivity contribution >= 4 is 34.5 Å². The van der Waals surface area contributed by atoms with Crippen LogP contribution in [0.5, 0.6) is 0 Å². The van der Waals surface area contributed by atoms with Crippen LogP contribution < -0.4 is 10.9 Å². The summed E-state index contributed by atoms with van der Waals surface area (Å²) >= 11 is 1.14. The standard InChI is InChI=1S/C18H21N3O4S/c1-11(12-7-8-12)19-15(22)10-26-18-20-14-6-4-3-5-13(14)17(24)21(18)9-16(23)25-2/h3-6,11-12H,7-10H2,1-2H3,(H,19,22)/t11-/m1/s1. The van der Waals surface area contributed by atoms with E-state index in [0.717, 1.165) is 24.6 Å². The van der Waals surface area contributed by atoms with Crippen LogP contribution in [0, 0.1) is 5.92 Å². The minimum Gasteiger partial charge on any atom is -0.468 e. The fourth-order valence-corrected chi connectivity index (χ4v) is 3.54. The third-order valence-corrected chi connectivity index (χ3v) is 5.37. The van der Waals surface area contributed by atoms with Gasteiger partial charge in [-0.3, -0.25) is 19.0 Å². The first kappa shape index (κ1) is 18.4. The van der Waals surface area contributed by atoms with E-state index in [2.05, 4.69) is 15.0 Å². The molecule has 1 atom stereocenters. The number of esters is 1. The molecule has 0 aliphatic heterocycles. The van der Waals surface area contributed by atoms with Gasteiger partial charge in [-0.25, -0.2) is 4.98 Å². The van der Waals surface area contributed by atoms with Crippen LogP contribution in [0.2, 0.25) is 0 Å². The van der Waals surface area contributed by atoms with Gasteiger partial charge in [-0.05, 0) is 37.8 Å². The van der Waals surface area contributed by atoms with Crippen LogP contribution in [-0.2, 0) is 20.9 Å². The second-order valence-electron chi connectivity index (χ2n) is 6.36. The summed E-state index contributed by atoms with van der Waals surface area (Å²) in [6, 6.07) is 7.09. The lowest BCUT2D eigenvalue weighted by atomic mass is 10.2. The number of amides is 1. The number of para-hydroxylation sites is 1. The average Bonchev–Trinajstić information content (AvgIpc) is 3.47. The fraction of sp³-hybridized carbons (Fsp3) is 0.444. The maximum absolute atomic E-state index is 12.7. The number of ether oxygens (including phenoxy) is 1. The first-order chi connectivity index (χ1) is 12.5. The van der Waals surface area contributed by atoms with E-state index in [0.29, 0.717) is 22.0 Å². The number of nitrogens with one attached hydrogen (secondary N) is 1. The summed E-state index contributed by atoms with van der Waals surface area (Å²) < 4.78 is 5.93. The molecular weight excluding hydrogens is 354 g/mol. The van der Waals surface area contributed by atoms with Crippen LogP contribution in [0.1, 0.15) is 19.8 Å². The van der Waals surface area contributed by atoms with Crippen molar-refractivity contribution in [2.45, 2.75) is 37.5 Å². The van der Waals surface area contributed by atoms with Gasteiger partial charge in [-0.15, -0.1) is 0 Å². The molecule has 0 bridgehead atoms. The topological polar surface area (TPSA) is 90.3 Å². The first-order valence-corrected chi connectivity index (χ1v) is 9.46. The summed E-state index contributed by atoms with van der Waals surface area (Å²) in [6.07, 6.45) is 2.30. The Bertz CT molecular complexity index is 892. The van der Waals surface area contributed by atoms with Crippen molar-refractivity contribution in [2.75, 3.05) is 12.9 Å². The fourth-order valence-electron chi connectivity index (χ4n) is 2.73. The van der Waals surface area contributed by atoms with E-state index in [1.54, 1.807) is 24.3 Å². The van der Waals surface area contributed by atoms with Crippen molar-refractivity contribution in [1.29, 1.82) is 0 Å². The van der Waals surface area contributed by atoms with Crippen LogP contribution in [0.15, 0.2) is 34.2 Å². The average molecular weight is 375 g/mol. The summed E-state index contributed by atoms with van der Waals surface area (Å²) in [5.41, 5.74) is 0.211. The zero-order chi connectivity index (χ0) is 18.7. The van der Waals surface area contributed by atoms with E-state index < -0.39 is 5.97 Å². The van der Waals surface area contributed by atoms with Crippen LogP contribution in [-0.4, -0.2) is 40.3 Å².